The van der Waals surface area contributed by atoms with Crippen molar-refractivity contribution in [2.45, 2.75) is 13.8 Å². The van der Waals surface area contributed by atoms with Gasteiger partial charge in [0.15, 0.2) is 5.13 Å². The fourth-order valence-corrected chi connectivity index (χ4v) is 3.26. The second kappa shape index (κ2) is 6.76. The normalized spacial score (nSPS) is 10.6. The zero-order valence-corrected chi connectivity index (χ0v) is 15.6. The summed E-state index contributed by atoms with van der Waals surface area (Å²) < 4.78 is 1.27. The van der Waals surface area contributed by atoms with Gasteiger partial charge in [-0.2, -0.15) is 0 Å². The molecule has 0 aliphatic rings. The first-order valence-electron chi connectivity index (χ1n) is 6.98. The summed E-state index contributed by atoms with van der Waals surface area (Å²) in [5.41, 5.74) is 4.98. The summed E-state index contributed by atoms with van der Waals surface area (Å²) in [6.07, 6.45) is 3.19. The van der Waals surface area contributed by atoms with Crippen LogP contribution in [0.3, 0.4) is 0 Å². The minimum Gasteiger partial charge on any atom is -0.298 e. The highest BCUT2D eigenvalue weighted by Gasteiger charge is 2.11. The predicted octanol–water partition coefficient (Wildman–Crippen LogP) is 4.68. The molecule has 0 saturated carbocycles. The van der Waals surface area contributed by atoms with Gasteiger partial charge in [0.1, 0.15) is 0 Å². The molecule has 3 aromatic rings. The van der Waals surface area contributed by atoms with Gasteiger partial charge in [-0.1, -0.05) is 0 Å². The summed E-state index contributed by atoms with van der Waals surface area (Å²) >= 11 is 3.78. The smallest absolute Gasteiger partial charge is 0.257 e. The number of rotatable bonds is 3. The van der Waals surface area contributed by atoms with E-state index in [-0.39, 0.29) is 5.91 Å². The molecular weight excluding hydrogens is 421 g/mol. The lowest BCUT2D eigenvalue weighted by atomic mass is 10.1. The number of hydrogen-bond acceptors (Lipinski definition) is 4. The molecule has 0 radical (unpaired) electrons. The Kier molecular flexibility index (Phi) is 4.72. The second-order valence-electron chi connectivity index (χ2n) is 5.15. The van der Waals surface area contributed by atoms with E-state index in [1.165, 1.54) is 26.0 Å². The van der Waals surface area contributed by atoms with Gasteiger partial charge in [-0.15, -0.1) is 11.3 Å². The zero-order valence-electron chi connectivity index (χ0n) is 12.6. The quantitative estimate of drug-likeness (QED) is 0.608. The van der Waals surface area contributed by atoms with E-state index in [1.807, 2.05) is 5.38 Å². The van der Waals surface area contributed by atoms with Crippen molar-refractivity contribution in [2.75, 3.05) is 5.32 Å². The minimum absolute atomic E-state index is 0.178. The third kappa shape index (κ3) is 3.59. The number of carbonyl (C=O) groups excluding carboxylic acids is 1. The molecule has 0 spiro atoms. The lowest BCUT2D eigenvalue weighted by molar-refractivity contribution is 0.102. The fourth-order valence-electron chi connectivity index (χ4n) is 2.23. The van der Waals surface area contributed by atoms with E-state index in [1.54, 1.807) is 24.5 Å². The summed E-state index contributed by atoms with van der Waals surface area (Å²) in [5, 5.41) is 5.38. The summed E-state index contributed by atoms with van der Waals surface area (Å²) in [6, 6.07) is 7.60. The van der Waals surface area contributed by atoms with Crippen LogP contribution in [0.1, 0.15) is 21.5 Å². The van der Waals surface area contributed by atoms with E-state index >= 15 is 0 Å². The lowest BCUT2D eigenvalue weighted by Crippen LogP contribution is -2.11. The van der Waals surface area contributed by atoms with Crippen LogP contribution in [-0.4, -0.2) is 15.9 Å². The van der Waals surface area contributed by atoms with E-state index in [9.17, 15) is 4.79 Å². The van der Waals surface area contributed by atoms with Crippen molar-refractivity contribution in [2.24, 2.45) is 0 Å². The fraction of sp³-hybridized carbons (Fsp3) is 0.118. The summed E-state index contributed by atoms with van der Waals surface area (Å²) in [4.78, 5) is 20.6. The van der Waals surface area contributed by atoms with Crippen LogP contribution >= 0.6 is 33.9 Å². The van der Waals surface area contributed by atoms with Gasteiger partial charge in [0, 0.05) is 32.5 Å². The molecule has 0 aliphatic carbocycles. The average Bonchev–Trinajstić information content (AvgIpc) is 3.01. The third-order valence-corrected chi connectivity index (χ3v) is 5.86. The standard InChI is InChI=1S/C17H14IN3OS/c1-10-7-13(8-11(2)15(10)18)14-9-23-17(20-14)21-16(22)12-3-5-19-6-4-12/h3-9H,1-2H3,(H,20,21,22). The van der Waals surface area contributed by atoms with Gasteiger partial charge >= 0.3 is 0 Å². The van der Waals surface area contributed by atoms with E-state index < -0.39 is 0 Å². The number of amides is 1. The van der Waals surface area contributed by atoms with E-state index in [4.69, 9.17) is 0 Å². The van der Waals surface area contributed by atoms with Crippen molar-refractivity contribution in [3.05, 3.63) is 62.3 Å². The molecule has 0 atom stereocenters. The number of aromatic nitrogens is 2. The van der Waals surface area contributed by atoms with Gasteiger partial charge in [-0.3, -0.25) is 15.1 Å². The molecule has 2 aromatic heterocycles. The Morgan fingerprint density at radius 3 is 2.48 bits per heavy atom. The molecule has 0 unspecified atom stereocenters. The zero-order chi connectivity index (χ0) is 16.4. The molecular formula is C17H14IN3OS. The molecule has 4 nitrogen and oxygen atoms in total. The molecule has 0 saturated heterocycles. The molecule has 1 N–H and O–H groups in total. The van der Waals surface area contributed by atoms with Crippen LogP contribution in [0.4, 0.5) is 5.13 Å². The maximum absolute atomic E-state index is 12.1. The Morgan fingerprint density at radius 2 is 1.83 bits per heavy atom. The van der Waals surface area contributed by atoms with Crippen LogP contribution in [0, 0.1) is 17.4 Å². The number of nitrogens with one attached hydrogen (secondary N) is 1. The lowest BCUT2D eigenvalue weighted by Gasteiger charge is -2.06. The van der Waals surface area contributed by atoms with Gasteiger partial charge < -0.3 is 0 Å². The van der Waals surface area contributed by atoms with Crippen molar-refractivity contribution in [1.82, 2.24) is 9.97 Å². The number of anilines is 1. The predicted molar refractivity (Wildman–Crippen MR) is 102 cm³/mol. The van der Waals surface area contributed by atoms with Crippen LogP contribution in [0.5, 0.6) is 0 Å². The second-order valence-corrected chi connectivity index (χ2v) is 7.09. The van der Waals surface area contributed by atoms with Crippen molar-refractivity contribution in [3.8, 4) is 11.3 Å². The Morgan fingerprint density at radius 1 is 1.17 bits per heavy atom. The molecule has 3 rings (SSSR count). The van der Waals surface area contributed by atoms with Gasteiger partial charge in [-0.05, 0) is 71.8 Å². The Labute approximate surface area is 152 Å². The van der Waals surface area contributed by atoms with E-state index in [0.29, 0.717) is 10.7 Å². The van der Waals surface area contributed by atoms with Crippen LogP contribution < -0.4 is 5.32 Å². The Bertz CT molecular complexity index is 838. The van der Waals surface area contributed by atoms with Crippen LogP contribution in [0.2, 0.25) is 0 Å². The van der Waals surface area contributed by atoms with Gasteiger partial charge in [-0.25, -0.2) is 4.98 Å². The number of nitrogens with zero attached hydrogens (tertiary/aromatic N) is 2. The summed E-state index contributed by atoms with van der Waals surface area (Å²) in [6.45, 7) is 4.19. The number of pyridine rings is 1. The Hall–Kier alpha value is -1.80. The minimum atomic E-state index is -0.178. The number of halogens is 1. The van der Waals surface area contributed by atoms with Crippen LogP contribution in [-0.2, 0) is 0 Å². The van der Waals surface area contributed by atoms with E-state index in [2.05, 4.69) is 63.9 Å². The maximum Gasteiger partial charge on any atom is 0.257 e. The monoisotopic (exact) mass is 435 g/mol. The molecule has 0 fully saturated rings. The van der Waals surface area contributed by atoms with Gasteiger partial charge in [0.25, 0.3) is 5.91 Å². The highest BCUT2D eigenvalue weighted by atomic mass is 127. The first kappa shape index (κ1) is 16.1. The van der Waals surface area contributed by atoms with Crippen LogP contribution in [0.25, 0.3) is 11.3 Å². The number of thiazole rings is 1. The van der Waals surface area contributed by atoms with Crippen molar-refractivity contribution >= 4 is 45.0 Å². The maximum atomic E-state index is 12.1. The molecule has 116 valence electrons. The van der Waals surface area contributed by atoms with Gasteiger partial charge in [0.2, 0.25) is 0 Å². The number of aryl methyl sites for hydroxylation is 2. The van der Waals surface area contributed by atoms with Crippen molar-refractivity contribution in [3.63, 3.8) is 0 Å². The largest absolute Gasteiger partial charge is 0.298 e. The third-order valence-electron chi connectivity index (χ3n) is 3.40. The Balaban J connectivity index is 1.82. The first-order valence-corrected chi connectivity index (χ1v) is 8.94. The summed E-state index contributed by atoms with van der Waals surface area (Å²) in [5.74, 6) is -0.178. The van der Waals surface area contributed by atoms with Gasteiger partial charge in [0.05, 0.1) is 5.69 Å². The van der Waals surface area contributed by atoms with E-state index in [0.717, 1.165) is 11.3 Å². The molecule has 2 heterocycles. The molecule has 0 bridgehead atoms. The van der Waals surface area contributed by atoms with Crippen molar-refractivity contribution in [1.29, 1.82) is 0 Å². The SMILES string of the molecule is Cc1cc(-c2csc(NC(=O)c3ccncc3)n2)cc(C)c1I. The average molecular weight is 435 g/mol. The molecule has 1 aromatic carbocycles. The highest BCUT2D eigenvalue weighted by molar-refractivity contribution is 14.1. The first-order chi connectivity index (χ1) is 11.0. The molecule has 0 aliphatic heterocycles. The van der Waals surface area contributed by atoms with Crippen LogP contribution in [0.15, 0.2) is 42.0 Å². The molecule has 6 heteroatoms. The molecule has 23 heavy (non-hydrogen) atoms. The number of benzene rings is 1. The van der Waals surface area contributed by atoms with Crippen molar-refractivity contribution < 1.29 is 4.79 Å². The topological polar surface area (TPSA) is 54.9 Å². The molecule has 1 amide bonds. The number of hydrogen-bond donors (Lipinski definition) is 1. The highest BCUT2D eigenvalue weighted by Crippen LogP contribution is 2.29. The summed E-state index contributed by atoms with van der Waals surface area (Å²) in [7, 11) is 0. The number of carbonyl (C=O) groups is 1.